The maximum Gasteiger partial charge on any atom is 0.226 e. The highest BCUT2D eigenvalue weighted by molar-refractivity contribution is 7.98. The third-order valence-corrected chi connectivity index (χ3v) is 6.09. The molecule has 9 heteroatoms. The molecule has 0 saturated carbocycles. The normalized spacial score (nSPS) is 12.4. The standard InChI is InChI=1S/C22H23ClN6OS/c1-15(28(2)3)21-26-27-22(29(21)18-11-9-17(23)10-12-18)31-14-20-25-24-19(30-20)13-16-7-5-4-6-8-16/h4-12,15H,13-14H2,1-3H3. The van der Waals surface area contributed by atoms with Crippen molar-refractivity contribution in [1.82, 2.24) is 29.9 Å². The van der Waals surface area contributed by atoms with Crippen molar-refractivity contribution in [1.29, 1.82) is 0 Å². The highest BCUT2D eigenvalue weighted by Crippen LogP contribution is 2.29. The third kappa shape index (κ3) is 5.15. The quantitative estimate of drug-likeness (QED) is 0.354. The predicted molar refractivity (Wildman–Crippen MR) is 122 cm³/mol. The smallest absolute Gasteiger partial charge is 0.226 e. The molecule has 0 aliphatic heterocycles. The van der Waals surface area contributed by atoms with E-state index < -0.39 is 0 Å². The minimum atomic E-state index is 0.0819. The zero-order valence-electron chi connectivity index (χ0n) is 17.6. The largest absolute Gasteiger partial charge is 0.424 e. The summed E-state index contributed by atoms with van der Waals surface area (Å²) < 4.78 is 7.89. The summed E-state index contributed by atoms with van der Waals surface area (Å²) in [5.74, 6) is 2.51. The molecule has 0 radical (unpaired) electrons. The van der Waals surface area contributed by atoms with Crippen LogP contribution in [0.2, 0.25) is 5.02 Å². The molecule has 2 aromatic heterocycles. The number of nitrogens with zero attached hydrogens (tertiary/aromatic N) is 6. The Hall–Kier alpha value is -2.68. The Morgan fingerprint density at radius 1 is 0.968 bits per heavy atom. The Labute approximate surface area is 190 Å². The second-order valence-corrected chi connectivity index (χ2v) is 8.71. The Balaban J connectivity index is 1.54. The third-order valence-electron chi connectivity index (χ3n) is 4.92. The SMILES string of the molecule is CC(c1nnc(SCc2nnc(Cc3ccccc3)o2)n1-c1ccc(Cl)cc1)N(C)C. The Kier molecular flexibility index (Phi) is 6.70. The highest BCUT2D eigenvalue weighted by atomic mass is 35.5. The predicted octanol–water partition coefficient (Wildman–Crippen LogP) is 4.81. The number of rotatable bonds is 8. The lowest BCUT2D eigenvalue weighted by atomic mass is 10.2. The van der Waals surface area contributed by atoms with Gasteiger partial charge in [0.25, 0.3) is 0 Å². The van der Waals surface area contributed by atoms with Gasteiger partial charge >= 0.3 is 0 Å². The van der Waals surface area contributed by atoms with Crippen LogP contribution in [0.4, 0.5) is 0 Å². The highest BCUT2D eigenvalue weighted by Gasteiger charge is 2.21. The van der Waals surface area contributed by atoms with E-state index in [2.05, 4.69) is 32.2 Å². The second-order valence-electron chi connectivity index (χ2n) is 7.33. The number of halogens is 1. The van der Waals surface area contributed by atoms with Crippen LogP contribution in [0, 0.1) is 0 Å². The number of hydrogen-bond acceptors (Lipinski definition) is 7. The van der Waals surface area contributed by atoms with Gasteiger partial charge in [-0.15, -0.1) is 20.4 Å². The molecule has 1 atom stereocenters. The number of thioether (sulfide) groups is 1. The molecule has 0 aliphatic rings. The molecule has 2 heterocycles. The fraction of sp³-hybridized carbons (Fsp3) is 0.273. The summed E-state index contributed by atoms with van der Waals surface area (Å²) >= 11 is 7.60. The summed E-state index contributed by atoms with van der Waals surface area (Å²) in [7, 11) is 4.04. The van der Waals surface area contributed by atoms with Crippen LogP contribution in [0.1, 0.15) is 36.1 Å². The van der Waals surface area contributed by atoms with Gasteiger partial charge in [0, 0.05) is 10.7 Å². The van der Waals surface area contributed by atoms with Crippen molar-refractivity contribution in [3.05, 3.63) is 82.8 Å². The first-order valence-corrected chi connectivity index (χ1v) is 11.2. The van der Waals surface area contributed by atoms with Crippen molar-refractivity contribution in [2.75, 3.05) is 14.1 Å². The van der Waals surface area contributed by atoms with Crippen LogP contribution in [-0.2, 0) is 12.2 Å². The van der Waals surface area contributed by atoms with Gasteiger partial charge in [0.1, 0.15) is 0 Å². The van der Waals surface area contributed by atoms with Crippen molar-refractivity contribution in [2.45, 2.75) is 30.3 Å². The molecule has 0 amide bonds. The maximum atomic E-state index is 6.09. The molecule has 0 spiro atoms. The van der Waals surface area contributed by atoms with E-state index >= 15 is 0 Å². The van der Waals surface area contributed by atoms with Crippen LogP contribution in [-0.4, -0.2) is 44.0 Å². The molecule has 160 valence electrons. The van der Waals surface area contributed by atoms with Gasteiger partial charge in [-0.25, -0.2) is 0 Å². The van der Waals surface area contributed by atoms with Crippen molar-refractivity contribution in [3.63, 3.8) is 0 Å². The zero-order chi connectivity index (χ0) is 21.8. The number of hydrogen-bond donors (Lipinski definition) is 0. The number of benzene rings is 2. The van der Waals surface area contributed by atoms with Gasteiger partial charge in [0.2, 0.25) is 11.8 Å². The fourth-order valence-corrected chi connectivity index (χ4v) is 3.95. The van der Waals surface area contributed by atoms with Crippen LogP contribution in [0.5, 0.6) is 0 Å². The van der Waals surface area contributed by atoms with E-state index in [1.165, 1.54) is 11.8 Å². The molecule has 31 heavy (non-hydrogen) atoms. The fourth-order valence-electron chi connectivity index (χ4n) is 3.02. The van der Waals surface area contributed by atoms with Crippen LogP contribution >= 0.6 is 23.4 Å². The summed E-state index contributed by atoms with van der Waals surface area (Å²) in [4.78, 5) is 2.10. The molecule has 4 aromatic rings. The van der Waals surface area contributed by atoms with Gasteiger partial charge in [0.05, 0.1) is 18.2 Å². The van der Waals surface area contributed by atoms with E-state index in [1.54, 1.807) is 0 Å². The van der Waals surface area contributed by atoms with Crippen LogP contribution in [0.15, 0.2) is 64.2 Å². The van der Waals surface area contributed by atoms with Gasteiger partial charge in [0.15, 0.2) is 11.0 Å². The lowest BCUT2D eigenvalue weighted by Crippen LogP contribution is -2.20. The van der Waals surface area contributed by atoms with Gasteiger partial charge in [-0.1, -0.05) is 53.7 Å². The summed E-state index contributed by atoms with van der Waals surface area (Å²) in [6.07, 6.45) is 0.615. The molecule has 1 unspecified atom stereocenters. The summed E-state index contributed by atoms with van der Waals surface area (Å²) in [5, 5.41) is 18.7. The molecular formula is C22H23ClN6OS. The molecule has 0 bridgehead atoms. The first kappa shape index (κ1) is 21.5. The average Bonchev–Trinajstić information content (AvgIpc) is 3.40. The Bertz CT molecular complexity index is 1130. The second kappa shape index (κ2) is 9.64. The van der Waals surface area contributed by atoms with E-state index in [4.69, 9.17) is 16.0 Å². The van der Waals surface area contributed by atoms with Crippen molar-refractivity contribution in [2.24, 2.45) is 0 Å². The molecule has 0 N–H and O–H groups in total. The zero-order valence-corrected chi connectivity index (χ0v) is 19.1. The lowest BCUT2D eigenvalue weighted by molar-refractivity contribution is 0.305. The van der Waals surface area contributed by atoms with Gasteiger partial charge < -0.3 is 4.42 Å². The minimum Gasteiger partial charge on any atom is -0.424 e. The van der Waals surface area contributed by atoms with Crippen LogP contribution in [0.25, 0.3) is 5.69 Å². The van der Waals surface area contributed by atoms with Gasteiger partial charge in [-0.2, -0.15) is 0 Å². The molecule has 2 aromatic carbocycles. The Morgan fingerprint density at radius 2 is 1.68 bits per heavy atom. The topological polar surface area (TPSA) is 72.9 Å². The average molecular weight is 455 g/mol. The monoisotopic (exact) mass is 454 g/mol. The van der Waals surface area contributed by atoms with Crippen LogP contribution < -0.4 is 0 Å². The molecule has 0 aliphatic carbocycles. The first-order valence-electron chi connectivity index (χ1n) is 9.87. The maximum absolute atomic E-state index is 6.09. The van der Waals surface area contributed by atoms with E-state index in [0.717, 1.165) is 22.2 Å². The lowest BCUT2D eigenvalue weighted by Gasteiger charge is -2.20. The first-order chi connectivity index (χ1) is 15.0. The van der Waals surface area contributed by atoms with Crippen molar-refractivity contribution in [3.8, 4) is 5.69 Å². The van der Waals surface area contributed by atoms with Crippen molar-refractivity contribution < 1.29 is 4.42 Å². The summed E-state index contributed by atoms with van der Waals surface area (Å²) in [6.45, 7) is 2.10. The summed E-state index contributed by atoms with van der Waals surface area (Å²) in [5.41, 5.74) is 2.09. The molecule has 4 rings (SSSR count). The van der Waals surface area contributed by atoms with E-state index in [1.807, 2.05) is 73.3 Å². The molecule has 0 saturated heterocycles. The van der Waals surface area contributed by atoms with Gasteiger partial charge in [-0.05, 0) is 50.8 Å². The minimum absolute atomic E-state index is 0.0819. The number of aromatic nitrogens is 5. The molecular weight excluding hydrogens is 432 g/mol. The van der Waals surface area contributed by atoms with E-state index in [-0.39, 0.29) is 6.04 Å². The van der Waals surface area contributed by atoms with E-state index in [9.17, 15) is 0 Å². The Morgan fingerprint density at radius 3 is 2.39 bits per heavy atom. The van der Waals surface area contributed by atoms with Crippen LogP contribution in [0.3, 0.4) is 0 Å². The van der Waals surface area contributed by atoms with Gasteiger partial charge in [-0.3, -0.25) is 9.47 Å². The molecule has 7 nitrogen and oxygen atoms in total. The van der Waals surface area contributed by atoms with Crippen molar-refractivity contribution >= 4 is 23.4 Å². The summed E-state index contributed by atoms with van der Waals surface area (Å²) in [6, 6.07) is 17.8. The van der Waals surface area contributed by atoms with E-state index in [0.29, 0.717) is 29.0 Å². The molecule has 0 fully saturated rings.